The summed E-state index contributed by atoms with van der Waals surface area (Å²) in [7, 11) is 0. The summed E-state index contributed by atoms with van der Waals surface area (Å²) >= 11 is 0. The third-order valence-corrected chi connectivity index (χ3v) is 1.81. The molecular weight excluding hydrogens is 214 g/mol. The van der Waals surface area contributed by atoms with Crippen LogP contribution in [0.5, 0.6) is 0 Å². The highest BCUT2D eigenvalue weighted by atomic mass is 16.7. The van der Waals surface area contributed by atoms with E-state index in [0.717, 1.165) is 0 Å². The molecule has 0 saturated carbocycles. The second kappa shape index (κ2) is 5.09. The van der Waals surface area contributed by atoms with Crippen molar-refractivity contribution in [2.24, 2.45) is 0 Å². The molecule has 0 saturated heterocycles. The lowest BCUT2D eigenvalue weighted by Gasteiger charge is -2.25. The van der Waals surface area contributed by atoms with Crippen LogP contribution in [0.2, 0.25) is 0 Å². The third-order valence-electron chi connectivity index (χ3n) is 1.81. The Morgan fingerprint density at radius 2 is 1.87 bits per heavy atom. The molecule has 88 valence electrons. The van der Waals surface area contributed by atoms with E-state index in [1.165, 1.54) is 0 Å². The summed E-state index contributed by atoms with van der Waals surface area (Å²) in [5.41, 5.74) is -3.42. The monoisotopic (exact) mass is 225 g/mol. The Morgan fingerprint density at radius 3 is 2.13 bits per heavy atom. The highest BCUT2D eigenvalue weighted by Crippen LogP contribution is 2.14. The number of aldehydes is 1. The standard InChI is InChI=1S/C6H11NO8/c8-1-3(10)4(11)5(12)6(13,2-9)7(14)15/h2-5,8,10-13H,1H2/t3-,4-,5+,6+/m1/s1. The lowest BCUT2D eigenvalue weighted by molar-refractivity contribution is -0.617. The topological polar surface area (TPSA) is 161 Å². The molecule has 4 atom stereocenters. The zero-order chi connectivity index (χ0) is 12.2. The van der Waals surface area contributed by atoms with Crippen molar-refractivity contribution < 1.29 is 35.3 Å². The second-order valence-electron chi connectivity index (χ2n) is 2.84. The SMILES string of the molecule is O=C[C@](O)([C@@H](O)[C@H](O)[C@H](O)CO)[N+](=O)[O-]. The van der Waals surface area contributed by atoms with Crippen molar-refractivity contribution in [3.05, 3.63) is 10.1 Å². The first-order valence-electron chi connectivity index (χ1n) is 3.79. The molecule has 9 nitrogen and oxygen atoms in total. The average molecular weight is 225 g/mol. The van der Waals surface area contributed by atoms with E-state index in [4.69, 9.17) is 25.5 Å². The number of nitro groups is 1. The van der Waals surface area contributed by atoms with Crippen LogP contribution in [0.3, 0.4) is 0 Å². The van der Waals surface area contributed by atoms with Gasteiger partial charge in [0.15, 0.2) is 6.10 Å². The molecule has 0 amide bonds. The Bertz CT molecular complexity index is 245. The van der Waals surface area contributed by atoms with Crippen molar-refractivity contribution >= 4 is 6.29 Å². The summed E-state index contributed by atoms with van der Waals surface area (Å²) in [6, 6.07) is 0. The van der Waals surface area contributed by atoms with Crippen LogP contribution in [0, 0.1) is 10.1 Å². The molecule has 0 spiro atoms. The van der Waals surface area contributed by atoms with E-state index >= 15 is 0 Å². The second-order valence-corrected chi connectivity index (χ2v) is 2.84. The van der Waals surface area contributed by atoms with Gasteiger partial charge in [-0.25, -0.2) is 0 Å². The fourth-order valence-electron chi connectivity index (χ4n) is 0.790. The first kappa shape index (κ1) is 13.9. The largest absolute Gasteiger partial charge is 0.407 e. The fourth-order valence-corrected chi connectivity index (χ4v) is 0.790. The predicted octanol–water partition coefficient (Wildman–Crippen LogP) is -3.77. The summed E-state index contributed by atoms with van der Waals surface area (Å²) in [6.07, 6.45) is -7.26. The van der Waals surface area contributed by atoms with Gasteiger partial charge in [0, 0.05) is 0 Å². The number of aliphatic hydroxyl groups excluding tert-OH is 4. The summed E-state index contributed by atoms with van der Waals surface area (Å²) in [5.74, 6) is 0. The van der Waals surface area contributed by atoms with Crippen molar-refractivity contribution in [1.82, 2.24) is 0 Å². The summed E-state index contributed by atoms with van der Waals surface area (Å²) < 4.78 is 0. The lowest BCUT2D eigenvalue weighted by atomic mass is 9.99. The molecule has 15 heavy (non-hydrogen) atoms. The van der Waals surface area contributed by atoms with Crippen LogP contribution >= 0.6 is 0 Å². The summed E-state index contributed by atoms with van der Waals surface area (Å²) in [4.78, 5) is 18.9. The van der Waals surface area contributed by atoms with Crippen LogP contribution in [0.4, 0.5) is 0 Å². The molecule has 0 unspecified atom stereocenters. The van der Waals surface area contributed by atoms with Gasteiger partial charge in [0.1, 0.15) is 12.2 Å². The highest BCUT2D eigenvalue weighted by Gasteiger charge is 2.53. The molecule has 0 aromatic heterocycles. The maximum Gasteiger partial charge on any atom is 0.407 e. The van der Waals surface area contributed by atoms with E-state index in [0.29, 0.717) is 0 Å². The van der Waals surface area contributed by atoms with Crippen LogP contribution < -0.4 is 0 Å². The summed E-state index contributed by atoms with van der Waals surface area (Å²) in [5, 5.41) is 54.5. The Labute approximate surface area is 83.3 Å². The number of aliphatic hydroxyl groups is 5. The normalized spacial score (nSPS) is 21.1. The van der Waals surface area contributed by atoms with Crippen molar-refractivity contribution in [1.29, 1.82) is 0 Å². The van der Waals surface area contributed by atoms with Gasteiger partial charge in [-0.2, -0.15) is 0 Å². The molecule has 0 aliphatic rings. The molecule has 0 aromatic rings. The third kappa shape index (κ3) is 2.67. The Hall–Kier alpha value is -1.13. The number of carbonyl (C=O) groups excluding carboxylic acids is 1. The van der Waals surface area contributed by atoms with Gasteiger partial charge in [-0.15, -0.1) is 0 Å². The Balaban J connectivity index is 4.87. The highest BCUT2D eigenvalue weighted by molar-refractivity contribution is 5.60. The van der Waals surface area contributed by atoms with Gasteiger partial charge in [0.05, 0.1) is 11.5 Å². The molecule has 0 fully saturated rings. The molecule has 0 aromatic carbocycles. The van der Waals surface area contributed by atoms with Gasteiger partial charge in [-0.1, -0.05) is 0 Å². The Kier molecular flexibility index (Phi) is 4.71. The first-order chi connectivity index (χ1) is 6.81. The van der Waals surface area contributed by atoms with Crippen molar-refractivity contribution in [3.63, 3.8) is 0 Å². The van der Waals surface area contributed by atoms with Crippen LogP contribution in [0.1, 0.15) is 0 Å². The fraction of sp³-hybridized carbons (Fsp3) is 0.833. The van der Waals surface area contributed by atoms with E-state index in [-0.39, 0.29) is 0 Å². The number of carbonyl (C=O) groups is 1. The molecule has 0 bridgehead atoms. The first-order valence-corrected chi connectivity index (χ1v) is 3.79. The van der Waals surface area contributed by atoms with Crippen LogP contribution in [-0.4, -0.2) is 67.4 Å². The molecule has 9 heteroatoms. The maximum atomic E-state index is 10.2. The summed E-state index contributed by atoms with van der Waals surface area (Å²) in [6.45, 7) is -0.995. The van der Waals surface area contributed by atoms with Crippen molar-refractivity contribution in [2.75, 3.05) is 6.61 Å². The average Bonchev–Trinajstić information content (AvgIpc) is 2.24. The van der Waals surface area contributed by atoms with E-state index < -0.39 is 41.9 Å². The zero-order valence-corrected chi connectivity index (χ0v) is 7.42. The van der Waals surface area contributed by atoms with Crippen LogP contribution in [0.25, 0.3) is 0 Å². The predicted molar refractivity (Wildman–Crippen MR) is 43.1 cm³/mol. The molecule has 0 radical (unpaired) electrons. The minimum absolute atomic E-state index is 0.578. The molecule has 0 heterocycles. The Morgan fingerprint density at radius 1 is 1.40 bits per heavy atom. The van der Waals surface area contributed by atoms with Crippen molar-refractivity contribution in [3.8, 4) is 0 Å². The smallest absolute Gasteiger partial charge is 0.394 e. The van der Waals surface area contributed by atoms with Crippen LogP contribution in [0.15, 0.2) is 0 Å². The number of rotatable bonds is 6. The van der Waals surface area contributed by atoms with Crippen LogP contribution in [-0.2, 0) is 4.79 Å². The molecule has 0 aliphatic carbocycles. The van der Waals surface area contributed by atoms with Gasteiger partial charge in [0.2, 0.25) is 6.29 Å². The number of hydrogen-bond acceptors (Lipinski definition) is 8. The van der Waals surface area contributed by atoms with E-state index in [9.17, 15) is 14.9 Å². The van der Waals surface area contributed by atoms with Crippen molar-refractivity contribution in [2.45, 2.75) is 24.0 Å². The number of nitrogens with zero attached hydrogens (tertiary/aromatic N) is 1. The van der Waals surface area contributed by atoms with Gasteiger partial charge >= 0.3 is 5.72 Å². The van der Waals surface area contributed by atoms with E-state index in [2.05, 4.69) is 0 Å². The van der Waals surface area contributed by atoms with E-state index in [1.54, 1.807) is 0 Å². The molecule has 0 aliphatic heterocycles. The van der Waals surface area contributed by atoms with Gasteiger partial charge in [-0.05, 0) is 0 Å². The zero-order valence-electron chi connectivity index (χ0n) is 7.42. The molecular formula is C6H11NO8. The lowest BCUT2D eigenvalue weighted by Crippen LogP contribution is -2.59. The quantitative estimate of drug-likeness (QED) is 0.133. The maximum absolute atomic E-state index is 10.2. The van der Waals surface area contributed by atoms with Gasteiger partial charge in [-0.3, -0.25) is 14.9 Å². The molecule has 5 N–H and O–H groups in total. The molecule has 0 rings (SSSR count). The van der Waals surface area contributed by atoms with Gasteiger partial charge in [0.25, 0.3) is 0 Å². The minimum Gasteiger partial charge on any atom is -0.394 e. The van der Waals surface area contributed by atoms with E-state index in [1.807, 2.05) is 0 Å². The minimum atomic E-state index is -3.42. The van der Waals surface area contributed by atoms with Gasteiger partial charge < -0.3 is 25.5 Å². The number of hydrogen-bond donors (Lipinski definition) is 5.